The van der Waals surface area contributed by atoms with Crippen molar-refractivity contribution >= 4 is 35.1 Å². The zero-order valence-electron chi connectivity index (χ0n) is 16.0. The van der Waals surface area contributed by atoms with Crippen LogP contribution in [0.3, 0.4) is 0 Å². The van der Waals surface area contributed by atoms with Crippen LogP contribution >= 0.6 is 0 Å². The molecule has 2 amide bonds. The van der Waals surface area contributed by atoms with Crippen LogP contribution in [-0.2, 0) is 14.3 Å². The number of hydrogen-bond acceptors (Lipinski definition) is 8. The third-order valence-electron chi connectivity index (χ3n) is 4.93. The molecule has 29 heavy (non-hydrogen) atoms. The second-order valence-electron chi connectivity index (χ2n) is 6.79. The van der Waals surface area contributed by atoms with Crippen molar-refractivity contribution in [2.75, 3.05) is 54.7 Å². The van der Waals surface area contributed by atoms with Gasteiger partial charge in [0.15, 0.2) is 0 Å². The van der Waals surface area contributed by atoms with E-state index < -0.39 is 5.92 Å². The molecular weight excluding hydrogens is 376 g/mol. The van der Waals surface area contributed by atoms with Crippen molar-refractivity contribution in [3.63, 3.8) is 0 Å². The molecule has 1 aromatic carbocycles. The predicted molar refractivity (Wildman–Crippen MR) is 107 cm³/mol. The first kappa shape index (κ1) is 18.9. The van der Waals surface area contributed by atoms with E-state index in [1.165, 1.54) is 0 Å². The molecule has 1 saturated heterocycles. The third kappa shape index (κ3) is 3.92. The van der Waals surface area contributed by atoms with Gasteiger partial charge in [-0.15, -0.1) is 0 Å². The molecule has 3 heterocycles. The van der Waals surface area contributed by atoms with E-state index in [1.807, 2.05) is 4.90 Å². The SMILES string of the molecule is COc1ccc(NC(=O)C2CC(=O)Nc3nc(N4CCOCC4)nc(N)c32)cc1. The van der Waals surface area contributed by atoms with E-state index in [1.54, 1.807) is 31.4 Å². The lowest BCUT2D eigenvalue weighted by Gasteiger charge is -2.30. The number of carbonyl (C=O) groups is 2. The molecule has 0 bridgehead atoms. The van der Waals surface area contributed by atoms with Gasteiger partial charge in [-0.05, 0) is 24.3 Å². The van der Waals surface area contributed by atoms with Crippen LogP contribution in [0.25, 0.3) is 0 Å². The Balaban J connectivity index is 1.60. The highest BCUT2D eigenvalue weighted by Gasteiger charge is 2.35. The highest BCUT2D eigenvalue weighted by atomic mass is 16.5. The normalized spacial score (nSPS) is 18.6. The minimum Gasteiger partial charge on any atom is -0.497 e. The van der Waals surface area contributed by atoms with Gasteiger partial charge in [0.2, 0.25) is 17.8 Å². The molecule has 152 valence electrons. The second kappa shape index (κ2) is 7.92. The second-order valence-corrected chi connectivity index (χ2v) is 6.79. The Bertz CT molecular complexity index is 927. The summed E-state index contributed by atoms with van der Waals surface area (Å²) in [5.41, 5.74) is 7.23. The lowest BCUT2D eigenvalue weighted by atomic mass is 9.92. The van der Waals surface area contributed by atoms with Crippen molar-refractivity contribution in [1.29, 1.82) is 0 Å². The van der Waals surface area contributed by atoms with Crippen LogP contribution in [0, 0.1) is 0 Å². The standard InChI is InChI=1S/C19H22N6O4/c1-28-12-4-2-11(3-5-12)21-18(27)13-10-14(26)22-17-15(13)16(20)23-19(24-17)25-6-8-29-9-7-25/h2-5,13H,6-10H2,1H3,(H,21,27)(H3,20,22,23,24,26). The van der Waals surface area contributed by atoms with Crippen molar-refractivity contribution in [3.05, 3.63) is 29.8 Å². The number of nitrogens with two attached hydrogens (primary N) is 1. The number of hydrogen-bond donors (Lipinski definition) is 3. The van der Waals surface area contributed by atoms with Gasteiger partial charge in [0.1, 0.15) is 17.4 Å². The van der Waals surface area contributed by atoms with Crippen molar-refractivity contribution in [2.24, 2.45) is 0 Å². The number of aromatic nitrogens is 2. The molecule has 0 spiro atoms. The van der Waals surface area contributed by atoms with E-state index in [0.29, 0.717) is 49.3 Å². The van der Waals surface area contributed by atoms with E-state index in [0.717, 1.165) is 0 Å². The molecule has 0 aliphatic carbocycles. The lowest BCUT2D eigenvalue weighted by Crippen LogP contribution is -2.38. The summed E-state index contributed by atoms with van der Waals surface area (Å²) in [6.45, 7) is 2.40. The van der Waals surface area contributed by atoms with Gasteiger partial charge in [0.05, 0.1) is 31.8 Å². The first-order valence-corrected chi connectivity index (χ1v) is 9.30. The van der Waals surface area contributed by atoms with Gasteiger partial charge >= 0.3 is 0 Å². The van der Waals surface area contributed by atoms with Crippen LogP contribution in [0.5, 0.6) is 5.75 Å². The molecule has 0 saturated carbocycles. The summed E-state index contributed by atoms with van der Waals surface area (Å²) >= 11 is 0. The first-order valence-electron chi connectivity index (χ1n) is 9.30. The van der Waals surface area contributed by atoms with Crippen LogP contribution < -0.4 is 26.0 Å². The molecule has 2 aliphatic rings. The molecule has 2 aromatic rings. The zero-order valence-corrected chi connectivity index (χ0v) is 16.0. The fourth-order valence-corrected chi connectivity index (χ4v) is 3.42. The zero-order chi connectivity index (χ0) is 20.4. The number of methoxy groups -OCH3 is 1. The summed E-state index contributed by atoms with van der Waals surface area (Å²) in [4.78, 5) is 35.9. The van der Waals surface area contributed by atoms with Gasteiger partial charge in [-0.25, -0.2) is 0 Å². The average Bonchev–Trinajstić information content (AvgIpc) is 2.74. The summed E-state index contributed by atoms with van der Waals surface area (Å²) in [5.74, 6) is 0.148. The van der Waals surface area contributed by atoms with Crippen molar-refractivity contribution in [2.45, 2.75) is 12.3 Å². The quantitative estimate of drug-likeness (QED) is 0.694. The molecular formula is C19H22N6O4. The summed E-state index contributed by atoms with van der Waals surface area (Å²) in [7, 11) is 1.57. The number of amides is 2. The van der Waals surface area contributed by atoms with Crippen molar-refractivity contribution in [1.82, 2.24) is 9.97 Å². The van der Waals surface area contributed by atoms with Crippen LogP contribution in [0.4, 0.5) is 23.3 Å². The average molecular weight is 398 g/mol. The smallest absolute Gasteiger partial charge is 0.232 e. The van der Waals surface area contributed by atoms with Gasteiger partial charge in [-0.1, -0.05) is 0 Å². The van der Waals surface area contributed by atoms with Crippen LogP contribution in [0.2, 0.25) is 0 Å². The number of nitrogens with one attached hydrogen (secondary N) is 2. The number of benzene rings is 1. The molecule has 1 aromatic heterocycles. The fourth-order valence-electron chi connectivity index (χ4n) is 3.42. The number of morpholine rings is 1. The van der Waals surface area contributed by atoms with Gasteiger partial charge in [-0.2, -0.15) is 9.97 Å². The monoisotopic (exact) mass is 398 g/mol. The van der Waals surface area contributed by atoms with Gasteiger partial charge in [-0.3, -0.25) is 9.59 Å². The molecule has 1 unspecified atom stereocenters. The molecule has 1 atom stereocenters. The fraction of sp³-hybridized carbons (Fsp3) is 0.368. The van der Waals surface area contributed by atoms with Crippen molar-refractivity contribution in [3.8, 4) is 5.75 Å². The number of ether oxygens (including phenoxy) is 2. The lowest BCUT2D eigenvalue weighted by molar-refractivity contribution is -0.123. The summed E-state index contributed by atoms with van der Waals surface area (Å²) < 4.78 is 10.5. The number of carbonyl (C=O) groups excluding carboxylic acids is 2. The van der Waals surface area contributed by atoms with E-state index in [-0.39, 0.29) is 29.9 Å². The van der Waals surface area contributed by atoms with Crippen LogP contribution in [0.1, 0.15) is 17.9 Å². The van der Waals surface area contributed by atoms with E-state index in [9.17, 15) is 9.59 Å². The summed E-state index contributed by atoms with van der Waals surface area (Å²) in [5, 5.41) is 5.54. The molecule has 10 nitrogen and oxygen atoms in total. The van der Waals surface area contributed by atoms with Gasteiger partial charge in [0, 0.05) is 25.2 Å². The highest BCUT2D eigenvalue weighted by Crippen LogP contribution is 2.36. The predicted octanol–water partition coefficient (Wildman–Crippen LogP) is 0.968. The summed E-state index contributed by atoms with van der Waals surface area (Å²) in [6.07, 6.45) is -0.0283. The third-order valence-corrected chi connectivity index (χ3v) is 4.93. The Labute approximate surface area is 167 Å². The number of nitrogen functional groups attached to an aromatic ring is 1. The minimum absolute atomic E-state index is 0.0283. The molecule has 4 rings (SSSR count). The van der Waals surface area contributed by atoms with Crippen LogP contribution in [0.15, 0.2) is 24.3 Å². The number of nitrogens with zero attached hydrogens (tertiary/aromatic N) is 3. The van der Waals surface area contributed by atoms with Gasteiger partial charge in [0.25, 0.3) is 0 Å². The highest BCUT2D eigenvalue weighted by molar-refractivity contribution is 6.05. The number of anilines is 4. The first-order chi connectivity index (χ1) is 14.0. The Hall–Kier alpha value is -3.40. The number of rotatable bonds is 4. The molecule has 4 N–H and O–H groups in total. The Morgan fingerprint density at radius 2 is 2.00 bits per heavy atom. The minimum atomic E-state index is -0.778. The largest absolute Gasteiger partial charge is 0.497 e. The van der Waals surface area contributed by atoms with E-state index in [2.05, 4.69) is 20.6 Å². The number of fused-ring (bicyclic) bond motifs is 1. The summed E-state index contributed by atoms with van der Waals surface area (Å²) in [6, 6.07) is 6.93. The molecule has 1 fully saturated rings. The molecule has 2 aliphatic heterocycles. The maximum Gasteiger partial charge on any atom is 0.232 e. The maximum atomic E-state index is 12.9. The Morgan fingerprint density at radius 3 is 2.69 bits per heavy atom. The van der Waals surface area contributed by atoms with Crippen LogP contribution in [-0.4, -0.2) is 55.2 Å². The molecule has 0 radical (unpaired) electrons. The van der Waals surface area contributed by atoms with E-state index in [4.69, 9.17) is 15.2 Å². The topological polar surface area (TPSA) is 132 Å². The Morgan fingerprint density at radius 1 is 1.28 bits per heavy atom. The Kier molecular flexibility index (Phi) is 5.17. The van der Waals surface area contributed by atoms with Crippen molar-refractivity contribution < 1.29 is 19.1 Å². The molecule has 10 heteroatoms. The maximum absolute atomic E-state index is 12.9. The van der Waals surface area contributed by atoms with E-state index >= 15 is 0 Å². The van der Waals surface area contributed by atoms with Gasteiger partial charge < -0.3 is 30.7 Å².